The van der Waals surface area contributed by atoms with Gasteiger partial charge >= 0.3 is 12.4 Å². The summed E-state index contributed by atoms with van der Waals surface area (Å²) < 4.78 is 109. The largest absolute Gasteiger partial charge is 0.416 e. The van der Waals surface area contributed by atoms with Gasteiger partial charge in [-0.2, -0.15) is 26.3 Å². The Hall–Kier alpha value is -6.01. The molecule has 0 aliphatic rings. The first-order chi connectivity index (χ1) is 48.7. The van der Waals surface area contributed by atoms with E-state index in [9.17, 15) is 26.3 Å². The van der Waals surface area contributed by atoms with Crippen LogP contribution in [0.2, 0.25) is 58.9 Å². The van der Waals surface area contributed by atoms with E-state index < -0.39 is 58.5 Å². The van der Waals surface area contributed by atoms with E-state index in [1.807, 2.05) is 12.1 Å². The zero-order chi connectivity index (χ0) is 85.3. The molecule has 0 spiro atoms. The molecule has 0 atom stereocenters. The normalized spacial score (nSPS) is 13.3. The Kier molecular flexibility index (Phi) is 30.1. The minimum Gasteiger partial charge on any atom is -0.166 e. The van der Waals surface area contributed by atoms with E-state index in [-0.39, 0.29) is 56.7 Å². The average molecular weight is 1500 g/mol. The molecule has 0 saturated heterocycles. The van der Waals surface area contributed by atoms with Crippen molar-refractivity contribution in [2.45, 2.75) is 315 Å². The van der Waals surface area contributed by atoms with E-state index in [1.165, 1.54) is 57.1 Å². The van der Waals surface area contributed by atoms with Crippen LogP contribution in [0.3, 0.4) is 0 Å². The molecule has 0 aliphatic heterocycles. The number of hydrogen-bond donors (Lipinski definition) is 0. The summed E-state index contributed by atoms with van der Waals surface area (Å²) in [6.07, 6.45) is -8.53. The molecule has 8 aromatic rings. The third-order valence-corrected chi connectivity index (χ3v) is 24.3. The molecule has 0 nitrogen and oxygen atoms in total. The van der Waals surface area contributed by atoms with Crippen molar-refractivity contribution in [3.05, 3.63) is 253 Å². The Morgan fingerprint density at radius 3 is 0.876 bits per heavy atom. The second-order valence-electron chi connectivity index (χ2n) is 39.9. The number of rotatable bonds is 4. The van der Waals surface area contributed by atoms with Crippen LogP contribution in [0.1, 0.15) is 255 Å². The summed E-state index contributed by atoms with van der Waals surface area (Å²) in [5.41, 5.74) is 14.6. The molecule has 0 aromatic heterocycles. The van der Waals surface area contributed by atoms with Crippen LogP contribution >= 0.6 is 0 Å². The van der Waals surface area contributed by atoms with Crippen LogP contribution in [0.4, 0.5) is 26.3 Å². The van der Waals surface area contributed by atoms with Crippen LogP contribution in [0.25, 0.3) is 11.1 Å². The third-order valence-electron chi connectivity index (χ3n) is 18.2. The fourth-order valence-electron chi connectivity index (χ4n) is 13.9. The highest BCUT2D eigenvalue weighted by Crippen LogP contribution is 2.43. The van der Waals surface area contributed by atoms with Crippen molar-refractivity contribution in [2.75, 3.05) is 0 Å². The molecule has 580 valence electrons. The molecule has 0 N–H and O–H groups in total. The van der Waals surface area contributed by atoms with Gasteiger partial charge in [0.2, 0.25) is 0 Å². The first-order valence-electron chi connectivity index (χ1n) is 39.6. The zero-order valence-electron chi connectivity index (χ0n) is 76.6. The molecule has 9 heteroatoms. The summed E-state index contributed by atoms with van der Waals surface area (Å²) in [5.74, 6) is 0. The van der Waals surface area contributed by atoms with Crippen molar-refractivity contribution in [1.29, 1.82) is 0 Å². The molecule has 0 bridgehead atoms. The molecule has 0 saturated carbocycles. The second-order valence-corrected chi connectivity index (χ2v) is 55.0. The number of aryl methyl sites for hydroxylation is 4. The molecule has 0 radical (unpaired) electrons. The SMILES string of the molecule is CC(C)(C)c1c([Si](C)(C)C)cccc1[Si](C)(C)C.CC(C)(C)c1ccccc1C(F)(F)F.CC(C)(C)c1ccccc1[Si](C)(C)C.Cc1cccc(C(F)(F)F)c1C(C)(C)C.Cc1cccc(C)c1C(C)(C)C.Cc1ccccc1C(C)(C)C.[2H]c1c([2H])c(C)c([2H])c(-c2cccc(C(C)(C)C)c2C(C)(C)C)c1[2H]. The summed E-state index contributed by atoms with van der Waals surface area (Å²) in [4.78, 5) is 0. The highest BCUT2D eigenvalue weighted by molar-refractivity contribution is 6.92. The van der Waals surface area contributed by atoms with Crippen LogP contribution in [0.15, 0.2) is 170 Å². The predicted octanol–water partition coefficient (Wildman–Crippen LogP) is 29.1. The van der Waals surface area contributed by atoms with Crippen molar-refractivity contribution in [3.8, 4) is 11.1 Å². The van der Waals surface area contributed by atoms with E-state index in [2.05, 4.69) is 295 Å². The van der Waals surface area contributed by atoms with Gasteiger partial charge in [-0.3, -0.25) is 0 Å². The zero-order valence-corrected chi connectivity index (χ0v) is 75.6. The van der Waals surface area contributed by atoms with Gasteiger partial charge in [0, 0.05) is 0 Å². The Morgan fingerprint density at radius 2 is 0.552 bits per heavy atom. The molecule has 0 fully saturated rings. The van der Waals surface area contributed by atoms with Crippen molar-refractivity contribution < 1.29 is 31.8 Å². The van der Waals surface area contributed by atoms with Crippen LogP contribution in [0.5, 0.6) is 0 Å². The van der Waals surface area contributed by atoms with Gasteiger partial charge in [0.1, 0.15) is 0 Å². The predicted molar refractivity (Wildman–Crippen MR) is 463 cm³/mol. The van der Waals surface area contributed by atoms with Gasteiger partial charge in [0.15, 0.2) is 0 Å². The minimum absolute atomic E-state index is 0.0250. The van der Waals surface area contributed by atoms with Gasteiger partial charge in [-0.1, -0.05) is 404 Å². The highest BCUT2D eigenvalue weighted by atomic mass is 28.3. The fourth-order valence-corrected chi connectivity index (χ4v) is 19.6. The Balaban J connectivity index is 0.000000439. The number of hydrogen-bond acceptors (Lipinski definition) is 0. The quantitative estimate of drug-likeness (QED) is 0.122. The minimum atomic E-state index is -4.27. The molecule has 8 aromatic carbocycles. The summed E-state index contributed by atoms with van der Waals surface area (Å²) in [6.45, 7) is 83.1. The lowest BCUT2D eigenvalue weighted by Crippen LogP contribution is -2.52. The van der Waals surface area contributed by atoms with E-state index in [4.69, 9.17) is 5.48 Å². The van der Waals surface area contributed by atoms with E-state index in [0.29, 0.717) is 27.8 Å². The highest BCUT2D eigenvalue weighted by Gasteiger charge is 2.39. The average Bonchev–Trinajstić information content (AvgIpc) is 0.752. The molecule has 0 aliphatic carbocycles. The summed E-state index contributed by atoms with van der Waals surface area (Å²) >= 11 is 0. The number of alkyl halides is 6. The van der Waals surface area contributed by atoms with Crippen molar-refractivity contribution in [1.82, 2.24) is 0 Å². The van der Waals surface area contributed by atoms with Gasteiger partial charge in [0.25, 0.3) is 0 Å². The summed E-state index contributed by atoms with van der Waals surface area (Å²) in [5, 5.41) is 4.93. The summed E-state index contributed by atoms with van der Waals surface area (Å²) in [6, 6.07) is 47.1. The Bertz CT molecular complexity index is 4070. The maximum absolute atomic E-state index is 12.8. The molecular formula is C96H142F6Si3. The van der Waals surface area contributed by atoms with Crippen LogP contribution in [0, 0.1) is 34.6 Å². The maximum Gasteiger partial charge on any atom is 0.416 e. The van der Waals surface area contributed by atoms with Gasteiger partial charge in [0.05, 0.1) is 40.8 Å². The van der Waals surface area contributed by atoms with Gasteiger partial charge < -0.3 is 0 Å². The maximum atomic E-state index is 12.8. The topological polar surface area (TPSA) is 0 Å². The first-order valence-corrected chi connectivity index (χ1v) is 48.1. The smallest absolute Gasteiger partial charge is 0.166 e. The Labute approximate surface area is 647 Å². The molecular weight excluding hydrogens is 1350 g/mol. The first kappa shape index (κ1) is 87.9. The van der Waals surface area contributed by atoms with E-state index in [1.54, 1.807) is 88.6 Å². The monoisotopic (exact) mass is 1500 g/mol. The van der Waals surface area contributed by atoms with E-state index in [0.717, 1.165) is 23.3 Å². The van der Waals surface area contributed by atoms with Crippen LogP contribution in [-0.2, 0) is 55.7 Å². The van der Waals surface area contributed by atoms with E-state index >= 15 is 0 Å². The standard InChI is InChI=1S/C21H28.C16H30Si2.C13H22Si.C12H15F3.C12H18.C11H13F3.C11H16/c1-15-10-8-11-16(14-15)17-12-9-13-18(20(2,3)4)19(17)21(5,6)7;1-16(2,3)15-13(17(4,5)6)11-10-12-14(15)18(7,8)9;1-13(2,3)11-9-7-8-10-12(11)14(4,5)6;1-8-6-5-7-9(12(13,14)15)10(8)11(2,3)4;1-9-7-6-8-10(2)11(9)12(3,4)5;1-10(2,3)8-6-4-5-7-9(8)11(12,13)14;1-9-7-5-6-8-10(9)11(2,3)4/h8-14H,1-7H3;10-12H,1-9H3;7-10H,1-6H3;5-7H,1-4H3;6-8H,1-5H3;4-7H,1-3H3;5-8H,1-4H3/i8D,10D,11D,14D;;;;;;. The lowest BCUT2D eigenvalue weighted by molar-refractivity contribution is -0.139. The van der Waals surface area contributed by atoms with Crippen LogP contribution in [-0.4, -0.2) is 24.2 Å². The lowest BCUT2D eigenvalue weighted by Gasteiger charge is -2.35. The lowest BCUT2D eigenvalue weighted by atomic mass is 9.72. The number of halogens is 6. The van der Waals surface area contributed by atoms with Gasteiger partial charge in [-0.25, -0.2) is 0 Å². The van der Waals surface area contributed by atoms with Gasteiger partial charge in [-0.05, 0) is 168 Å². The number of benzene rings is 8. The molecule has 8 rings (SSSR count). The second kappa shape index (κ2) is 36.0. The van der Waals surface area contributed by atoms with Gasteiger partial charge in [-0.15, -0.1) is 0 Å². The molecule has 0 amide bonds. The molecule has 0 heterocycles. The fraction of sp³-hybridized carbons (Fsp3) is 0.500. The van der Waals surface area contributed by atoms with Crippen molar-refractivity contribution in [3.63, 3.8) is 0 Å². The summed E-state index contributed by atoms with van der Waals surface area (Å²) in [7, 11) is -3.74. The Morgan fingerprint density at radius 1 is 0.257 bits per heavy atom. The van der Waals surface area contributed by atoms with Crippen molar-refractivity contribution in [2.24, 2.45) is 0 Å². The molecule has 105 heavy (non-hydrogen) atoms. The third kappa shape index (κ3) is 29.5. The van der Waals surface area contributed by atoms with Crippen molar-refractivity contribution >= 4 is 39.8 Å². The van der Waals surface area contributed by atoms with Crippen LogP contribution < -0.4 is 15.6 Å². The molecule has 0 unspecified atom stereocenters.